The first-order valence-electron chi connectivity index (χ1n) is 7.66. The van der Waals surface area contributed by atoms with Gasteiger partial charge in [0, 0.05) is 6.42 Å². The van der Waals surface area contributed by atoms with Crippen LogP contribution >= 0.6 is 0 Å². The average Bonchev–Trinajstić information content (AvgIpc) is 2.45. The maximum Gasteiger partial charge on any atom is 0.326 e. The van der Waals surface area contributed by atoms with Gasteiger partial charge in [-0.25, -0.2) is 4.79 Å². The van der Waals surface area contributed by atoms with Gasteiger partial charge in [-0.2, -0.15) is 0 Å². The molecule has 0 saturated heterocycles. The van der Waals surface area contributed by atoms with Crippen molar-refractivity contribution in [2.75, 3.05) is 0 Å². The van der Waals surface area contributed by atoms with Crippen molar-refractivity contribution in [3.63, 3.8) is 0 Å². The fourth-order valence-electron chi connectivity index (χ4n) is 2.61. The largest absolute Gasteiger partial charge is 0.480 e. The zero-order valence-corrected chi connectivity index (χ0v) is 14.2. The molecule has 0 aliphatic heterocycles. The lowest BCUT2D eigenvalue weighted by molar-refractivity contribution is -0.142. The Kier molecular flexibility index (Phi) is 6.48. The molecule has 0 fully saturated rings. The number of amides is 2. The van der Waals surface area contributed by atoms with Crippen LogP contribution in [-0.4, -0.2) is 35.0 Å². The van der Waals surface area contributed by atoms with E-state index >= 15 is 0 Å². The number of carboxylic acids is 1. The highest BCUT2D eigenvalue weighted by molar-refractivity contribution is 5.92. The number of nitrogens with one attached hydrogen (secondary N) is 1. The average molecular weight is 335 g/mol. The van der Waals surface area contributed by atoms with Crippen molar-refractivity contribution >= 4 is 17.8 Å². The maximum atomic E-state index is 12.3. The quantitative estimate of drug-likeness (QED) is 0.567. The van der Waals surface area contributed by atoms with Crippen molar-refractivity contribution in [3.05, 3.63) is 35.9 Å². The van der Waals surface area contributed by atoms with Gasteiger partial charge in [0.1, 0.15) is 6.04 Å². The summed E-state index contributed by atoms with van der Waals surface area (Å²) in [4.78, 5) is 35.4. The van der Waals surface area contributed by atoms with E-state index < -0.39 is 41.2 Å². The molecule has 1 rings (SSSR count). The Balaban J connectivity index is 2.88. The molecule has 0 aliphatic rings. The van der Waals surface area contributed by atoms with Crippen LogP contribution in [0.1, 0.15) is 26.3 Å². The number of aliphatic carboxylic acids is 1. The Morgan fingerprint density at radius 2 is 1.71 bits per heavy atom. The summed E-state index contributed by atoms with van der Waals surface area (Å²) in [6.45, 7) is 5.23. The molecule has 2 amide bonds. The van der Waals surface area contributed by atoms with Crippen molar-refractivity contribution in [3.8, 4) is 0 Å². The van der Waals surface area contributed by atoms with Gasteiger partial charge < -0.3 is 21.9 Å². The predicted molar refractivity (Wildman–Crippen MR) is 89.8 cm³/mol. The maximum absolute atomic E-state index is 12.3. The van der Waals surface area contributed by atoms with Crippen molar-refractivity contribution < 1.29 is 19.5 Å². The van der Waals surface area contributed by atoms with Crippen molar-refractivity contribution in [1.29, 1.82) is 0 Å². The molecule has 0 aliphatic carbocycles. The van der Waals surface area contributed by atoms with Gasteiger partial charge in [0.05, 0.1) is 12.0 Å². The zero-order chi connectivity index (χ0) is 18.5. The van der Waals surface area contributed by atoms with E-state index in [1.807, 2.05) is 6.07 Å². The number of primary amides is 1. The SMILES string of the molecule is CC(C)(C)C(C(N)=O)[C@H](N)C(=O)N[C@@H](Cc1ccccc1)C(=O)O. The fraction of sp³-hybridized carbons (Fsp3) is 0.471. The molecule has 0 radical (unpaired) electrons. The normalized spacial score (nSPS) is 15.2. The summed E-state index contributed by atoms with van der Waals surface area (Å²) in [6.07, 6.45) is 0.116. The molecular weight excluding hydrogens is 310 g/mol. The van der Waals surface area contributed by atoms with Crippen LogP contribution in [-0.2, 0) is 20.8 Å². The molecule has 3 atom stereocenters. The van der Waals surface area contributed by atoms with Crippen LogP contribution in [0.25, 0.3) is 0 Å². The number of benzene rings is 1. The standard InChI is InChI=1S/C17H25N3O4/c1-17(2,3)12(14(19)21)13(18)15(22)20-11(16(23)24)9-10-7-5-4-6-8-10/h4-8,11-13H,9,18H2,1-3H3,(H2,19,21)(H,20,22)(H,23,24)/t11-,12?,13-/m0/s1. The Labute approximate surface area is 141 Å². The van der Waals surface area contributed by atoms with Crippen molar-refractivity contribution in [2.24, 2.45) is 22.8 Å². The summed E-state index contributed by atoms with van der Waals surface area (Å²) in [6, 6.07) is 6.55. The van der Waals surface area contributed by atoms with Gasteiger partial charge in [0.25, 0.3) is 0 Å². The van der Waals surface area contributed by atoms with E-state index in [0.717, 1.165) is 5.56 Å². The minimum absolute atomic E-state index is 0.116. The number of nitrogens with two attached hydrogens (primary N) is 2. The molecule has 24 heavy (non-hydrogen) atoms. The second kappa shape index (κ2) is 7.92. The van der Waals surface area contributed by atoms with Gasteiger partial charge >= 0.3 is 5.97 Å². The third-order valence-corrected chi connectivity index (χ3v) is 3.80. The summed E-state index contributed by atoms with van der Waals surface area (Å²) in [5.41, 5.74) is 11.4. The third kappa shape index (κ3) is 5.34. The Bertz CT molecular complexity index is 596. The number of hydrogen-bond donors (Lipinski definition) is 4. The number of carboxylic acid groups (broad SMARTS) is 1. The molecular formula is C17H25N3O4. The minimum atomic E-state index is -1.22. The van der Waals surface area contributed by atoms with Crippen LogP contribution in [0, 0.1) is 11.3 Å². The first-order valence-corrected chi connectivity index (χ1v) is 7.66. The summed E-state index contributed by atoms with van der Waals surface area (Å²) in [5.74, 6) is -3.49. The molecule has 0 aromatic heterocycles. The smallest absolute Gasteiger partial charge is 0.326 e. The van der Waals surface area contributed by atoms with Gasteiger partial charge in [-0.1, -0.05) is 51.1 Å². The van der Waals surface area contributed by atoms with E-state index in [-0.39, 0.29) is 6.42 Å². The Morgan fingerprint density at radius 3 is 2.12 bits per heavy atom. The predicted octanol–water partition coefficient (Wildman–Crippen LogP) is 0.273. The monoisotopic (exact) mass is 335 g/mol. The fourth-order valence-corrected chi connectivity index (χ4v) is 2.61. The van der Waals surface area contributed by atoms with Crippen LogP contribution < -0.4 is 16.8 Å². The lowest BCUT2D eigenvalue weighted by Gasteiger charge is -2.32. The number of carbonyl (C=O) groups is 3. The van der Waals surface area contributed by atoms with Gasteiger partial charge in [-0.05, 0) is 11.0 Å². The van der Waals surface area contributed by atoms with E-state index in [1.165, 1.54) is 0 Å². The van der Waals surface area contributed by atoms with Crippen LogP contribution in [0.3, 0.4) is 0 Å². The van der Waals surface area contributed by atoms with Crippen LogP contribution in [0.2, 0.25) is 0 Å². The molecule has 0 bridgehead atoms. The van der Waals surface area contributed by atoms with Crippen LogP contribution in [0.5, 0.6) is 0 Å². The van der Waals surface area contributed by atoms with Gasteiger partial charge in [0.2, 0.25) is 11.8 Å². The summed E-state index contributed by atoms with van der Waals surface area (Å²) < 4.78 is 0. The minimum Gasteiger partial charge on any atom is -0.480 e. The zero-order valence-electron chi connectivity index (χ0n) is 14.2. The summed E-state index contributed by atoms with van der Waals surface area (Å²) >= 11 is 0. The summed E-state index contributed by atoms with van der Waals surface area (Å²) in [7, 11) is 0. The molecule has 6 N–H and O–H groups in total. The van der Waals surface area contributed by atoms with Crippen LogP contribution in [0.15, 0.2) is 30.3 Å². The summed E-state index contributed by atoms with van der Waals surface area (Å²) in [5, 5.41) is 11.7. The van der Waals surface area contributed by atoms with Crippen molar-refractivity contribution in [1.82, 2.24) is 5.32 Å². The molecule has 0 heterocycles. The highest BCUT2D eigenvalue weighted by Gasteiger charge is 2.39. The number of rotatable bonds is 7. The van der Waals surface area contributed by atoms with Crippen molar-refractivity contribution in [2.45, 2.75) is 39.3 Å². The first kappa shape index (κ1) is 19.6. The highest BCUT2D eigenvalue weighted by Crippen LogP contribution is 2.28. The molecule has 0 spiro atoms. The molecule has 1 aromatic rings. The van der Waals surface area contributed by atoms with E-state index in [2.05, 4.69) is 5.32 Å². The lowest BCUT2D eigenvalue weighted by atomic mass is 9.75. The van der Waals surface area contributed by atoms with E-state index in [1.54, 1.807) is 45.0 Å². The van der Waals surface area contributed by atoms with Gasteiger partial charge in [0.15, 0.2) is 0 Å². The van der Waals surface area contributed by atoms with Gasteiger partial charge in [-0.3, -0.25) is 9.59 Å². The lowest BCUT2D eigenvalue weighted by Crippen LogP contribution is -2.57. The van der Waals surface area contributed by atoms with Gasteiger partial charge in [-0.15, -0.1) is 0 Å². The molecule has 7 nitrogen and oxygen atoms in total. The molecule has 7 heteroatoms. The molecule has 1 unspecified atom stereocenters. The third-order valence-electron chi connectivity index (χ3n) is 3.80. The topological polar surface area (TPSA) is 136 Å². The number of hydrogen-bond acceptors (Lipinski definition) is 4. The second-order valence-electron chi connectivity index (χ2n) is 6.86. The van der Waals surface area contributed by atoms with Crippen LogP contribution in [0.4, 0.5) is 0 Å². The second-order valence-corrected chi connectivity index (χ2v) is 6.86. The first-order chi connectivity index (χ1) is 11.0. The Hall–Kier alpha value is -2.41. The molecule has 132 valence electrons. The van der Waals surface area contributed by atoms with E-state index in [4.69, 9.17) is 11.5 Å². The molecule has 0 saturated carbocycles. The van der Waals surface area contributed by atoms with E-state index in [0.29, 0.717) is 0 Å². The molecule has 1 aromatic carbocycles. The number of carbonyl (C=O) groups excluding carboxylic acids is 2. The van der Waals surface area contributed by atoms with E-state index in [9.17, 15) is 19.5 Å². The highest BCUT2D eigenvalue weighted by atomic mass is 16.4. The Morgan fingerprint density at radius 1 is 1.17 bits per heavy atom.